The van der Waals surface area contributed by atoms with Gasteiger partial charge in [-0.25, -0.2) is 0 Å². The maximum absolute atomic E-state index is 7.50. The summed E-state index contributed by atoms with van der Waals surface area (Å²) >= 11 is 0. The van der Waals surface area contributed by atoms with E-state index in [2.05, 4.69) is 35.7 Å². The van der Waals surface area contributed by atoms with Crippen LogP contribution in [0.1, 0.15) is 19.8 Å². The molecule has 0 N–H and O–H groups in total. The molecule has 68 valence electrons. The minimum Gasteiger partial charge on any atom is -0.367 e. The van der Waals surface area contributed by atoms with Crippen LogP contribution in [0.5, 0.6) is 0 Å². The van der Waals surface area contributed by atoms with Crippen LogP contribution < -0.4 is 4.90 Å². The van der Waals surface area contributed by atoms with Crippen molar-refractivity contribution in [2.75, 3.05) is 18.0 Å². The van der Waals surface area contributed by atoms with Crippen molar-refractivity contribution >= 4 is 5.69 Å². The average molecular weight is 174 g/mol. The summed E-state index contributed by atoms with van der Waals surface area (Å²) in [5.41, 5.74) is 2.61. The lowest BCUT2D eigenvalue weighted by molar-refractivity contribution is 0.777. The van der Waals surface area contributed by atoms with Crippen LogP contribution in [0.2, 0.25) is 0 Å². The van der Waals surface area contributed by atoms with E-state index < -0.39 is 0 Å². The van der Waals surface area contributed by atoms with E-state index in [1.54, 1.807) is 0 Å². The Labute approximate surface area is 81.1 Å². The summed E-state index contributed by atoms with van der Waals surface area (Å²) in [7, 11) is 0. The second-order valence-electron chi connectivity index (χ2n) is 3.45. The highest BCUT2D eigenvalue weighted by molar-refractivity contribution is 5.60. The molecule has 0 bridgehead atoms. The van der Waals surface area contributed by atoms with Crippen molar-refractivity contribution in [2.45, 2.75) is 12.8 Å². The van der Waals surface area contributed by atoms with Gasteiger partial charge in [-0.15, -0.1) is 6.58 Å². The molecule has 1 aliphatic heterocycles. The first kappa shape index (κ1) is 7.19. The van der Waals surface area contributed by atoms with Gasteiger partial charge in [0.15, 0.2) is 0 Å². The Kier molecular flexibility index (Phi) is 1.80. The van der Waals surface area contributed by atoms with Crippen molar-refractivity contribution in [3.05, 3.63) is 42.5 Å². The SMILES string of the molecule is [2H]C[C@@H]1CN(CC=C)c2ccccc21. The number of hydrogen-bond acceptors (Lipinski definition) is 1. The van der Waals surface area contributed by atoms with Gasteiger partial charge >= 0.3 is 0 Å². The van der Waals surface area contributed by atoms with Crippen molar-refractivity contribution in [3.8, 4) is 0 Å². The Bertz CT molecular complexity index is 335. The van der Waals surface area contributed by atoms with Crippen LogP contribution in [-0.4, -0.2) is 13.1 Å². The third-order valence-corrected chi connectivity index (χ3v) is 2.51. The molecule has 0 aromatic heterocycles. The van der Waals surface area contributed by atoms with Crippen molar-refractivity contribution in [3.63, 3.8) is 0 Å². The lowest BCUT2D eigenvalue weighted by Crippen LogP contribution is -2.20. The lowest BCUT2D eigenvalue weighted by Gasteiger charge is -2.16. The first-order valence-electron chi connectivity index (χ1n) is 5.31. The summed E-state index contributed by atoms with van der Waals surface area (Å²) < 4.78 is 7.50. The van der Waals surface area contributed by atoms with Crippen molar-refractivity contribution in [1.82, 2.24) is 0 Å². The fourth-order valence-electron chi connectivity index (χ4n) is 1.91. The van der Waals surface area contributed by atoms with E-state index >= 15 is 0 Å². The first-order valence-corrected chi connectivity index (χ1v) is 4.61. The number of rotatable bonds is 2. The van der Waals surface area contributed by atoms with Crippen LogP contribution in [0.15, 0.2) is 36.9 Å². The molecule has 0 saturated heterocycles. The smallest absolute Gasteiger partial charge is 0.0405 e. The maximum atomic E-state index is 7.50. The molecule has 1 aromatic carbocycles. The van der Waals surface area contributed by atoms with E-state index in [-0.39, 0.29) is 0 Å². The summed E-state index contributed by atoms with van der Waals surface area (Å²) in [6.45, 7) is 6.09. The van der Waals surface area contributed by atoms with Gasteiger partial charge in [0.2, 0.25) is 0 Å². The highest BCUT2D eigenvalue weighted by atomic mass is 15.1. The molecule has 1 heterocycles. The molecule has 1 heteroatoms. The minimum atomic E-state index is 0.381. The predicted molar refractivity (Wildman–Crippen MR) is 57.3 cm³/mol. The summed E-state index contributed by atoms with van der Waals surface area (Å²) in [4.78, 5) is 2.29. The zero-order valence-electron chi connectivity index (χ0n) is 8.74. The Hall–Kier alpha value is -1.24. The summed E-state index contributed by atoms with van der Waals surface area (Å²) in [6.07, 6.45) is 1.92. The van der Waals surface area contributed by atoms with Gasteiger partial charge in [-0.1, -0.05) is 31.2 Å². The van der Waals surface area contributed by atoms with Crippen LogP contribution >= 0.6 is 0 Å². The van der Waals surface area contributed by atoms with Crippen LogP contribution in [0, 0.1) is 0 Å². The third kappa shape index (κ3) is 1.35. The van der Waals surface area contributed by atoms with Crippen molar-refractivity contribution < 1.29 is 1.37 Å². The van der Waals surface area contributed by atoms with E-state index in [1.807, 2.05) is 6.08 Å². The number of hydrogen-bond donors (Lipinski definition) is 0. The molecule has 0 amide bonds. The Morgan fingerprint density at radius 1 is 1.69 bits per heavy atom. The Morgan fingerprint density at radius 2 is 2.54 bits per heavy atom. The van der Waals surface area contributed by atoms with E-state index in [1.165, 1.54) is 11.3 Å². The Morgan fingerprint density at radius 3 is 3.31 bits per heavy atom. The summed E-state index contributed by atoms with van der Waals surface area (Å²) in [5, 5.41) is 0. The molecular weight excluding hydrogens is 158 g/mol. The van der Waals surface area contributed by atoms with Gasteiger partial charge in [0.1, 0.15) is 0 Å². The predicted octanol–water partition coefficient (Wildman–Crippen LogP) is 2.80. The number of nitrogens with zero attached hydrogens (tertiary/aromatic N) is 1. The van der Waals surface area contributed by atoms with Crippen molar-refractivity contribution in [2.24, 2.45) is 0 Å². The molecule has 0 radical (unpaired) electrons. The molecule has 13 heavy (non-hydrogen) atoms. The van der Waals surface area contributed by atoms with Gasteiger partial charge < -0.3 is 4.90 Å². The highest BCUT2D eigenvalue weighted by Gasteiger charge is 2.23. The molecule has 0 fully saturated rings. The molecule has 0 spiro atoms. The fraction of sp³-hybridized carbons (Fsp3) is 0.333. The largest absolute Gasteiger partial charge is 0.367 e. The molecule has 1 aliphatic rings. The molecule has 0 saturated carbocycles. The lowest BCUT2D eigenvalue weighted by atomic mass is 10.0. The maximum Gasteiger partial charge on any atom is 0.0405 e. The van der Waals surface area contributed by atoms with Gasteiger partial charge in [0, 0.05) is 26.1 Å². The Balaban J connectivity index is 2.33. The molecule has 2 rings (SSSR count). The molecular formula is C12H15N. The van der Waals surface area contributed by atoms with Crippen LogP contribution in [0.4, 0.5) is 5.69 Å². The third-order valence-electron chi connectivity index (χ3n) is 2.51. The topological polar surface area (TPSA) is 3.24 Å². The van der Waals surface area contributed by atoms with Gasteiger partial charge in [-0.2, -0.15) is 0 Å². The van der Waals surface area contributed by atoms with E-state index in [4.69, 9.17) is 1.37 Å². The number of anilines is 1. The standard InChI is InChI=1S/C12H15N/c1-3-8-13-9-10(2)11-6-4-5-7-12(11)13/h3-7,10H,1,8-9H2,2H3/t10-/m1/s1/i2D. The minimum absolute atomic E-state index is 0.381. The zero-order chi connectivity index (χ0) is 9.97. The number of benzene rings is 1. The average Bonchev–Trinajstić information content (AvgIpc) is 2.58. The summed E-state index contributed by atoms with van der Waals surface area (Å²) in [6, 6.07) is 8.38. The number of fused-ring (bicyclic) bond motifs is 1. The molecule has 1 nitrogen and oxygen atoms in total. The molecule has 1 atom stereocenters. The van der Waals surface area contributed by atoms with Gasteiger partial charge in [-0.3, -0.25) is 0 Å². The fourth-order valence-corrected chi connectivity index (χ4v) is 1.91. The normalized spacial score (nSPS) is 21.1. The van der Waals surface area contributed by atoms with E-state index in [0.717, 1.165) is 13.1 Å². The van der Waals surface area contributed by atoms with Gasteiger partial charge in [-0.05, 0) is 11.6 Å². The monoisotopic (exact) mass is 174 g/mol. The van der Waals surface area contributed by atoms with E-state index in [9.17, 15) is 0 Å². The summed E-state index contributed by atoms with van der Waals surface area (Å²) in [5.74, 6) is 0.381. The zero-order valence-corrected chi connectivity index (χ0v) is 7.74. The van der Waals surface area contributed by atoms with Crippen molar-refractivity contribution in [1.29, 1.82) is 0 Å². The highest BCUT2D eigenvalue weighted by Crippen LogP contribution is 2.35. The molecule has 0 unspecified atom stereocenters. The van der Waals surface area contributed by atoms with Gasteiger partial charge in [0.25, 0.3) is 0 Å². The van der Waals surface area contributed by atoms with Gasteiger partial charge in [0.05, 0.1) is 0 Å². The van der Waals surface area contributed by atoms with Crippen LogP contribution in [-0.2, 0) is 0 Å². The quantitative estimate of drug-likeness (QED) is 0.623. The first-order chi connectivity index (χ1) is 6.86. The second-order valence-corrected chi connectivity index (χ2v) is 3.45. The van der Waals surface area contributed by atoms with Crippen LogP contribution in [0.3, 0.4) is 0 Å². The van der Waals surface area contributed by atoms with E-state index in [0.29, 0.717) is 12.8 Å². The molecule has 1 aromatic rings. The molecule has 0 aliphatic carbocycles. The van der Waals surface area contributed by atoms with Crippen LogP contribution in [0.25, 0.3) is 0 Å². The second kappa shape index (κ2) is 3.25. The number of para-hydroxylation sites is 1.